The normalized spacial score (nSPS) is 35.8. The van der Waals surface area contributed by atoms with Gasteiger partial charge in [-0.25, -0.2) is 13.8 Å². The van der Waals surface area contributed by atoms with Gasteiger partial charge in [0.2, 0.25) is 0 Å². The number of fused-ring (bicyclic) bond motifs is 1. The van der Waals surface area contributed by atoms with Gasteiger partial charge < -0.3 is 10.6 Å². The van der Waals surface area contributed by atoms with Crippen LogP contribution in [-0.2, 0) is 4.79 Å². The summed E-state index contributed by atoms with van der Waals surface area (Å²) in [5.41, 5.74) is 1.43. The Hall–Kier alpha value is -2.70. The zero-order chi connectivity index (χ0) is 21.3. The first-order valence-corrected chi connectivity index (χ1v) is 11.2. The van der Waals surface area contributed by atoms with E-state index >= 15 is 0 Å². The quantitative estimate of drug-likeness (QED) is 0.774. The maximum Gasteiger partial charge on any atom is 0.272 e. The highest BCUT2D eigenvalue weighted by atomic mass is 19.1. The number of amides is 1. The zero-order valence-corrected chi connectivity index (χ0v) is 17.5. The van der Waals surface area contributed by atoms with E-state index in [1.807, 2.05) is 0 Å². The number of carbonyl (C=O) groups excluding carboxylic acids is 1. The van der Waals surface area contributed by atoms with E-state index in [0.717, 1.165) is 29.6 Å². The summed E-state index contributed by atoms with van der Waals surface area (Å²) in [6.45, 7) is 1.73. The first-order chi connectivity index (χ1) is 14.9. The standard InChI is InChI=1S/C24H26F2N4O/c1-13-19(18-3-2-17(25)7-20(18)26)8-22-27-21(9-23(31)30(22)29-13)28-24-10-14-4-15(11-24)6-16(5-14)12-24/h2-3,7-9,14-16,22,27-28H,4-6,10-12H2,1H3. The lowest BCUT2D eigenvalue weighted by Crippen LogP contribution is -2.61. The van der Waals surface area contributed by atoms with Gasteiger partial charge >= 0.3 is 0 Å². The smallest absolute Gasteiger partial charge is 0.272 e. The molecule has 0 spiro atoms. The van der Waals surface area contributed by atoms with E-state index in [9.17, 15) is 13.6 Å². The van der Waals surface area contributed by atoms with E-state index in [1.165, 1.54) is 55.7 Å². The number of allylic oxidation sites excluding steroid dienone is 1. The topological polar surface area (TPSA) is 56.7 Å². The molecular weight excluding hydrogens is 398 g/mol. The van der Waals surface area contributed by atoms with Crippen LogP contribution in [0, 0.1) is 29.4 Å². The van der Waals surface area contributed by atoms with Crippen molar-refractivity contribution in [1.29, 1.82) is 0 Å². The molecule has 7 heteroatoms. The summed E-state index contributed by atoms with van der Waals surface area (Å²) in [4.78, 5) is 12.8. The minimum Gasteiger partial charge on any atom is -0.366 e. The van der Waals surface area contributed by atoms with Gasteiger partial charge in [0.05, 0.1) is 5.71 Å². The lowest BCUT2D eigenvalue weighted by molar-refractivity contribution is -0.129. The molecule has 1 aromatic rings. The fourth-order valence-corrected chi connectivity index (χ4v) is 6.92. The summed E-state index contributed by atoms with van der Waals surface area (Å²) >= 11 is 0. The van der Waals surface area contributed by atoms with Crippen LogP contribution in [0.5, 0.6) is 0 Å². The van der Waals surface area contributed by atoms with Crippen LogP contribution in [0.3, 0.4) is 0 Å². The highest BCUT2D eigenvalue weighted by molar-refractivity contribution is 6.23. The molecule has 6 aliphatic rings. The van der Waals surface area contributed by atoms with E-state index in [4.69, 9.17) is 0 Å². The van der Waals surface area contributed by atoms with Crippen molar-refractivity contribution in [2.45, 2.75) is 57.2 Å². The van der Waals surface area contributed by atoms with Gasteiger partial charge in [-0.2, -0.15) is 5.10 Å². The van der Waals surface area contributed by atoms with Crippen molar-refractivity contribution in [2.75, 3.05) is 0 Å². The number of hydrogen-bond donors (Lipinski definition) is 2. The van der Waals surface area contributed by atoms with Gasteiger partial charge in [-0.05, 0) is 81.4 Å². The van der Waals surface area contributed by atoms with Crippen molar-refractivity contribution in [3.05, 3.63) is 53.4 Å². The Morgan fingerprint density at radius 3 is 2.45 bits per heavy atom. The van der Waals surface area contributed by atoms with Crippen LogP contribution >= 0.6 is 0 Å². The predicted molar refractivity (Wildman–Crippen MR) is 113 cm³/mol. The van der Waals surface area contributed by atoms with Crippen LogP contribution in [0.1, 0.15) is 51.0 Å². The van der Waals surface area contributed by atoms with Gasteiger partial charge in [-0.1, -0.05) is 0 Å². The Labute approximate surface area is 180 Å². The largest absolute Gasteiger partial charge is 0.366 e. The number of hydrogen-bond acceptors (Lipinski definition) is 4. The molecule has 0 radical (unpaired) electrons. The molecule has 1 aromatic carbocycles. The molecule has 4 fully saturated rings. The third-order valence-electron chi connectivity index (χ3n) is 7.69. The summed E-state index contributed by atoms with van der Waals surface area (Å²) in [6.07, 6.45) is 10.4. The van der Waals surface area contributed by atoms with Gasteiger partial charge in [-0.15, -0.1) is 0 Å². The molecule has 2 heterocycles. The van der Waals surface area contributed by atoms with Crippen molar-refractivity contribution < 1.29 is 13.6 Å². The third kappa shape index (κ3) is 3.17. The number of benzene rings is 1. The molecule has 1 amide bonds. The first kappa shape index (κ1) is 19.0. The van der Waals surface area contributed by atoms with Crippen molar-refractivity contribution in [3.8, 4) is 0 Å². The Kier molecular flexibility index (Phi) is 4.08. The molecule has 162 valence electrons. The molecule has 31 heavy (non-hydrogen) atoms. The van der Waals surface area contributed by atoms with Crippen LogP contribution in [0.25, 0.3) is 5.57 Å². The molecule has 4 aliphatic carbocycles. The van der Waals surface area contributed by atoms with E-state index in [0.29, 0.717) is 11.3 Å². The monoisotopic (exact) mass is 424 g/mol. The molecule has 0 aromatic heterocycles. The number of nitrogens with one attached hydrogen (secondary N) is 2. The van der Waals surface area contributed by atoms with Gasteiger partial charge in [0.25, 0.3) is 5.91 Å². The number of halogens is 2. The van der Waals surface area contributed by atoms with Crippen LogP contribution in [0.2, 0.25) is 0 Å². The van der Waals surface area contributed by atoms with Gasteiger partial charge in [0.15, 0.2) is 0 Å². The zero-order valence-electron chi connectivity index (χ0n) is 17.5. The lowest BCUT2D eigenvalue weighted by atomic mass is 9.53. The SMILES string of the molecule is CC1=NN2C(=O)C=C(NC34CC5CC(CC(C5)C3)C4)NC2C=C1c1ccc(F)cc1F. The van der Waals surface area contributed by atoms with Crippen LogP contribution in [0.15, 0.2) is 41.3 Å². The fraction of sp³-hybridized carbons (Fsp3) is 0.500. The second kappa shape index (κ2) is 6.65. The molecular formula is C24H26F2N4O. The van der Waals surface area contributed by atoms with E-state index < -0.39 is 17.8 Å². The van der Waals surface area contributed by atoms with Gasteiger partial charge in [-0.3, -0.25) is 4.79 Å². The second-order valence-corrected chi connectivity index (χ2v) is 10.0. The molecule has 2 aliphatic heterocycles. The Morgan fingerprint density at radius 2 is 1.81 bits per heavy atom. The molecule has 5 nitrogen and oxygen atoms in total. The maximum absolute atomic E-state index is 14.4. The summed E-state index contributed by atoms with van der Waals surface area (Å²) < 4.78 is 27.8. The highest BCUT2D eigenvalue weighted by Gasteiger charge is 2.51. The summed E-state index contributed by atoms with van der Waals surface area (Å²) in [7, 11) is 0. The molecule has 1 atom stereocenters. The van der Waals surface area contributed by atoms with E-state index in [2.05, 4.69) is 15.7 Å². The molecule has 0 saturated heterocycles. The predicted octanol–water partition coefficient (Wildman–Crippen LogP) is 3.90. The Morgan fingerprint density at radius 1 is 1.13 bits per heavy atom. The Bertz CT molecular complexity index is 1020. The van der Waals surface area contributed by atoms with Crippen molar-refractivity contribution in [3.63, 3.8) is 0 Å². The van der Waals surface area contributed by atoms with E-state index in [1.54, 1.807) is 19.1 Å². The van der Waals surface area contributed by atoms with Crippen LogP contribution < -0.4 is 10.6 Å². The van der Waals surface area contributed by atoms with E-state index in [-0.39, 0.29) is 17.0 Å². The summed E-state index contributed by atoms with van der Waals surface area (Å²) in [5, 5.41) is 12.9. The third-order valence-corrected chi connectivity index (χ3v) is 7.69. The summed E-state index contributed by atoms with van der Waals surface area (Å²) in [6, 6.07) is 3.52. The minimum absolute atomic E-state index is 0.0689. The Balaban J connectivity index is 1.28. The number of carbonyl (C=O) groups is 1. The number of nitrogens with zero attached hydrogens (tertiary/aromatic N) is 2. The minimum atomic E-state index is -0.640. The van der Waals surface area contributed by atoms with Gasteiger partial charge in [0, 0.05) is 28.8 Å². The van der Waals surface area contributed by atoms with Gasteiger partial charge in [0.1, 0.15) is 23.6 Å². The number of rotatable bonds is 3. The van der Waals surface area contributed by atoms with Crippen molar-refractivity contribution in [1.82, 2.24) is 15.6 Å². The lowest BCUT2D eigenvalue weighted by Gasteiger charge is -2.57. The molecule has 4 saturated carbocycles. The summed E-state index contributed by atoms with van der Waals surface area (Å²) in [5.74, 6) is 1.65. The highest BCUT2D eigenvalue weighted by Crippen LogP contribution is 2.55. The average molecular weight is 424 g/mol. The second-order valence-electron chi connectivity index (χ2n) is 10.0. The number of hydrazone groups is 1. The van der Waals surface area contributed by atoms with Crippen LogP contribution in [0.4, 0.5) is 8.78 Å². The van der Waals surface area contributed by atoms with Crippen molar-refractivity contribution in [2.24, 2.45) is 22.9 Å². The van der Waals surface area contributed by atoms with Crippen LogP contribution in [-0.4, -0.2) is 28.3 Å². The molecule has 7 rings (SSSR count). The average Bonchev–Trinajstić information content (AvgIpc) is 2.67. The first-order valence-electron chi connectivity index (χ1n) is 11.2. The maximum atomic E-state index is 14.4. The molecule has 4 bridgehead atoms. The fourth-order valence-electron chi connectivity index (χ4n) is 6.92. The van der Waals surface area contributed by atoms with Crippen molar-refractivity contribution >= 4 is 17.2 Å². The molecule has 1 unspecified atom stereocenters. The molecule has 2 N–H and O–H groups in total.